The fourth-order valence-corrected chi connectivity index (χ4v) is 2.63. The smallest absolute Gasteiger partial charge is 0.0857 e. The zero-order valence-corrected chi connectivity index (χ0v) is 11.9. The minimum Gasteiger partial charge on any atom is -0.323 e. The van der Waals surface area contributed by atoms with E-state index < -0.39 is 0 Å². The molecule has 0 radical (unpaired) electrons. The summed E-state index contributed by atoms with van der Waals surface area (Å²) in [5.74, 6) is 0. The lowest BCUT2D eigenvalue weighted by Crippen LogP contribution is -2.20. The first-order chi connectivity index (χ1) is 8.38. The van der Waals surface area contributed by atoms with Gasteiger partial charge in [0.25, 0.3) is 0 Å². The van der Waals surface area contributed by atoms with Gasteiger partial charge < -0.3 is 5.73 Å². The Kier molecular flexibility index (Phi) is 3.45. The van der Waals surface area contributed by atoms with E-state index in [1.807, 2.05) is 13.2 Å². The molecule has 0 amide bonds. The maximum Gasteiger partial charge on any atom is 0.0857 e. The third kappa shape index (κ3) is 2.73. The van der Waals surface area contributed by atoms with Crippen LogP contribution in [-0.2, 0) is 18.9 Å². The van der Waals surface area contributed by atoms with Crippen LogP contribution in [0.1, 0.15) is 43.1 Å². The summed E-state index contributed by atoms with van der Waals surface area (Å²) in [5, 5.41) is 12.2. The van der Waals surface area contributed by atoms with Gasteiger partial charge in [-0.3, -0.25) is 4.68 Å². The van der Waals surface area contributed by atoms with Crippen LogP contribution in [-0.4, -0.2) is 24.6 Å². The fraction of sp³-hybridized carbons (Fsp3) is 0.636. The number of nitrogens with zero attached hydrogens (tertiary/aromatic N) is 5. The van der Waals surface area contributed by atoms with Crippen LogP contribution >= 0.6 is 11.5 Å². The number of nitrogens with two attached hydrogens (primary N) is 1. The van der Waals surface area contributed by atoms with Crippen LogP contribution in [0.5, 0.6) is 0 Å². The molecule has 0 bridgehead atoms. The third-order valence-electron chi connectivity index (χ3n) is 2.64. The van der Waals surface area contributed by atoms with Crippen LogP contribution in [0.2, 0.25) is 0 Å². The van der Waals surface area contributed by atoms with E-state index in [4.69, 9.17) is 5.73 Å². The SMILES string of the molecule is Cn1cc(CC(N)c2snnc2C(C)(C)C)nn1. The zero-order valence-electron chi connectivity index (χ0n) is 11.1. The highest BCUT2D eigenvalue weighted by Crippen LogP contribution is 2.30. The molecular formula is C11H18N6S. The van der Waals surface area contributed by atoms with Crippen molar-refractivity contribution >= 4 is 11.5 Å². The molecule has 18 heavy (non-hydrogen) atoms. The van der Waals surface area contributed by atoms with E-state index in [0.717, 1.165) is 16.3 Å². The van der Waals surface area contributed by atoms with E-state index in [2.05, 4.69) is 40.7 Å². The van der Waals surface area contributed by atoms with Gasteiger partial charge in [-0.2, -0.15) is 0 Å². The van der Waals surface area contributed by atoms with Crippen molar-refractivity contribution in [3.63, 3.8) is 0 Å². The van der Waals surface area contributed by atoms with Crippen molar-refractivity contribution in [2.75, 3.05) is 0 Å². The molecule has 2 N–H and O–H groups in total. The van der Waals surface area contributed by atoms with Gasteiger partial charge in [0.1, 0.15) is 0 Å². The average Bonchev–Trinajstić information content (AvgIpc) is 2.85. The fourth-order valence-electron chi connectivity index (χ4n) is 1.77. The Morgan fingerprint density at radius 3 is 2.67 bits per heavy atom. The van der Waals surface area contributed by atoms with Gasteiger partial charge in [0, 0.05) is 31.1 Å². The van der Waals surface area contributed by atoms with E-state index in [1.54, 1.807) is 4.68 Å². The van der Waals surface area contributed by atoms with Crippen molar-refractivity contribution in [2.45, 2.75) is 38.6 Å². The molecule has 2 aromatic rings. The van der Waals surface area contributed by atoms with Gasteiger partial charge in [-0.15, -0.1) is 10.2 Å². The summed E-state index contributed by atoms with van der Waals surface area (Å²) < 4.78 is 5.71. The molecule has 2 heterocycles. The largest absolute Gasteiger partial charge is 0.323 e. The maximum atomic E-state index is 6.23. The van der Waals surface area contributed by atoms with Gasteiger partial charge >= 0.3 is 0 Å². The van der Waals surface area contributed by atoms with Gasteiger partial charge in [0.05, 0.1) is 16.3 Å². The van der Waals surface area contributed by atoms with Crippen molar-refractivity contribution in [3.8, 4) is 0 Å². The van der Waals surface area contributed by atoms with Crippen LogP contribution in [0.15, 0.2) is 6.20 Å². The lowest BCUT2D eigenvalue weighted by atomic mass is 9.89. The van der Waals surface area contributed by atoms with E-state index in [0.29, 0.717) is 6.42 Å². The van der Waals surface area contributed by atoms with E-state index in [1.165, 1.54) is 11.5 Å². The molecule has 7 heteroatoms. The van der Waals surface area contributed by atoms with Crippen LogP contribution in [0.4, 0.5) is 0 Å². The quantitative estimate of drug-likeness (QED) is 0.902. The number of aromatic nitrogens is 5. The summed E-state index contributed by atoms with van der Waals surface area (Å²) in [6, 6.07) is -0.129. The highest BCUT2D eigenvalue weighted by atomic mass is 32.1. The van der Waals surface area contributed by atoms with Crippen molar-refractivity contribution < 1.29 is 0 Å². The summed E-state index contributed by atoms with van der Waals surface area (Å²) >= 11 is 1.37. The van der Waals surface area contributed by atoms with Crippen LogP contribution in [0.3, 0.4) is 0 Å². The third-order valence-corrected chi connectivity index (χ3v) is 3.50. The molecule has 0 aliphatic carbocycles. The van der Waals surface area contributed by atoms with Gasteiger partial charge in [-0.25, -0.2) is 0 Å². The minimum absolute atomic E-state index is 0.0394. The Morgan fingerprint density at radius 2 is 2.11 bits per heavy atom. The van der Waals surface area contributed by atoms with Crippen molar-refractivity contribution in [2.24, 2.45) is 12.8 Å². The zero-order chi connectivity index (χ0) is 13.3. The first-order valence-electron chi connectivity index (χ1n) is 5.81. The second-order valence-corrected chi connectivity index (χ2v) is 6.22. The van der Waals surface area contributed by atoms with Crippen LogP contribution < -0.4 is 5.73 Å². The summed E-state index contributed by atoms with van der Waals surface area (Å²) in [6.07, 6.45) is 2.53. The molecule has 6 nitrogen and oxygen atoms in total. The van der Waals surface area contributed by atoms with E-state index in [-0.39, 0.29) is 11.5 Å². The van der Waals surface area contributed by atoms with Crippen molar-refractivity contribution in [1.82, 2.24) is 24.6 Å². The Morgan fingerprint density at radius 1 is 1.39 bits per heavy atom. The van der Waals surface area contributed by atoms with E-state index in [9.17, 15) is 0 Å². The van der Waals surface area contributed by atoms with Crippen molar-refractivity contribution in [1.29, 1.82) is 0 Å². The molecule has 98 valence electrons. The Labute approximate surface area is 110 Å². The molecule has 1 atom stereocenters. The highest BCUT2D eigenvalue weighted by molar-refractivity contribution is 7.05. The first-order valence-corrected chi connectivity index (χ1v) is 6.59. The molecule has 0 saturated carbocycles. The number of hydrogen-bond donors (Lipinski definition) is 1. The topological polar surface area (TPSA) is 82.5 Å². The summed E-state index contributed by atoms with van der Waals surface area (Å²) in [7, 11) is 1.84. The molecular weight excluding hydrogens is 248 g/mol. The molecule has 0 aromatic carbocycles. The second-order valence-electron chi connectivity index (χ2n) is 5.43. The number of rotatable bonds is 3. The van der Waals surface area contributed by atoms with Crippen LogP contribution in [0, 0.1) is 0 Å². The molecule has 0 fully saturated rings. The monoisotopic (exact) mass is 266 g/mol. The Hall–Kier alpha value is -1.34. The van der Waals surface area contributed by atoms with Crippen molar-refractivity contribution in [3.05, 3.63) is 22.5 Å². The highest BCUT2D eigenvalue weighted by Gasteiger charge is 2.26. The molecule has 0 aliphatic heterocycles. The Balaban J connectivity index is 2.19. The number of aryl methyl sites for hydroxylation is 1. The second kappa shape index (κ2) is 4.74. The van der Waals surface area contributed by atoms with Gasteiger partial charge in [0.15, 0.2) is 0 Å². The summed E-state index contributed by atoms with van der Waals surface area (Å²) in [5.41, 5.74) is 8.06. The van der Waals surface area contributed by atoms with Crippen LogP contribution in [0.25, 0.3) is 0 Å². The summed E-state index contributed by atoms with van der Waals surface area (Å²) in [6.45, 7) is 6.34. The van der Waals surface area contributed by atoms with E-state index >= 15 is 0 Å². The Bertz CT molecular complexity index is 524. The number of hydrogen-bond acceptors (Lipinski definition) is 6. The maximum absolute atomic E-state index is 6.23. The lowest BCUT2D eigenvalue weighted by molar-refractivity contribution is 0.549. The molecule has 0 aliphatic rings. The normalized spacial score (nSPS) is 13.8. The van der Waals surface area contributed by atoms with Gasteiger partial charge in [-0.1, -0.05) is 30.5 Å². The minimum atomic E-state index is -0.129. The first kappa shape index (κ1) is 13.1. The van der Waals surface area contributed by atoms with Gasteiger partial charge in [0.2, 0.25) is 0 Å². The summed E-state index contributed by atoms with van der Waals surface area (Å²) in [4.78, 5) is 1.04. The lowest BCUT2D eigenvalue weighted by Gasteiger charge is -2.18. The predicted molar refractivity (Wildman–Crippen MR) is 70.2 cm³/mol. The standard InChI is InChI=1S/C11H18N6S/c1-11(2,3)10-9(18-16-14-10)8(12)5-7-6-17(4)15-13-7/h6,8H,5,12H2,1-4H3. The molecule has 0 spiro atoms. The van der Waals surface area contributed by atoms with Gasteiger partial charge in [-0.05, 0) is 11.5 Å². The average molecular weight is 266 g/mol. The predicted octanol–water partition coefficient (Wildman–Crippen LogP) is 1.21. The molecule has 2 aromatic heterocycles. The molecule has 1 unspecified atom stereocenters. The molecule has 0 saturated heterocycles. The molecule has 2 rings (SSSR count).